The van der Waals surface area contributed by atoms with Crippen LogP contribution in [0.25, 0.3) is 10.6 Å². The van der Waals surface area contributed by atoms with Gasteiger partial charge in [0.2, 0.25) is 5.91 Å². The van der Waals surface area contributed by atoms with Crippen molar-refractivity contribution in [1.82, 2.24) is 20.1 Å². The molecule has 2 heterocycles. The number of nitrogens with zero attached hydrogens (tertiary/aromatic N) is 3. The van der Waals surface area contributed by atoms with Crippen LogP contribution in [-0.4, -0.2) is 53.9 Å². The fraction of sp³-hybridized carbons (Fsp3) is 0.267. The third kappa shape index (κ3) is 6.26. The number of nitrogens with one attached hydrogen (secondary N) is 1. The summed E-state index contributed by atoms with van der Waals surface area (Å²) in [6.45, 7) is 5.40. The first-order valence-electron chi connectivity index (χ1n) is 12.5. The summed E-state index contributed by atoms with van der Waals surface area (Å²) in [5, 5.41) is 6.18. The summed E-state index contributed by atoms with van der Waals surface area (Å²) in [5.41, 5.74) is 5.35. The highest BCUT2D eigenvalue weighted by Gasteiger charge is 2.18. The standard InChI is InChI=1S/C30H32N4OS/c1-33-15-17-34(18-16-33)21-23-9-8-14-26(19-23)30-31-27(22-36-30)20-28(35)32-29(24-10-4-2-5-11-24)25-12-6-3-7-13-25/h2-14,19,22,29H,15-18,20-21H2,1H3,(H,32,35). The monoisotopic (exact) mass is 496 g/mol. The van der Waals surface area contributed by atoms with Crippen molar-refractivity contribution >= 4 is 17.2 Å². The molecule has 0 aliphatic carbocycles. The molecule has 36 heavy (non-hydrogen) atoms. The van der Waals surface area contributed by atoms with E-state index in [9.17, 15) is 4.79 Å². The molecule has 0 saturated carbocycles. The van der Waals surface area contributed by atoms with Gasteiger partial charge in [0, 0.05) is 43.7 Å². The molecule has 0 atom stereocenters. The molecule has 1 saturated heterocycles. The van der Waals surface area contributed by atoms with E-state index in [2.05, 4.69) is 46.4 Å². The summed E-state index contributed by atoms with van der Waals surface area (Å²) < 4.78 is 0. The lowest BCUT2D eigenvalue weighted by atomic mass is 9.98. The van der Waals surface area contributed by atoms with Gasteiger partial charge in [-0.1, -0.05) is 78.9 Å². The molecule has 6 heteroatoms. The van der Waals surface area contributed by atoms with Gasteiger partial charge in [-0.05, 0) is 29.8 Å². The highest BCUT2D eigenvalue weighted by Crippen LogP contribution is 2.26. The summed E-state index contributed by atoms with van der Waals surface area (Å²) >= 11 is 1.60. The second kappa shape index (κ2) is 11.6. The van der Waals surface area contributed by atoms with Gasteiger partial charge in [0.25, 0.3) is 0 Å². The second-order valence-corrected chi connectivity index (χ2v) is 10.3. The molecule has 3 aromatic carbocycles. The lowest BCUT2D eigenvalue weighted by molar-refractivity contribution is -0.121. The SMILES string of the molecule is CN1CCN(Cc2cccc(-c3nc(CC(=O)NC(c4ccccc4)c4ccccc4)cs3)c2)CC1. The molecule has 5 rings (SSSR count). The average Bonchev–Trinajstić information content (AvgIpc) is 3.38. The molecule has 1 N–H and O–H groups in total. The van der Waals surface area contributed by atoms with E-state index in [4.69, 9.17) is 4.98 Å². The number of likely N-dealkylation sites (N-methyl/N-ethyl adjacent to an activating group) is 1. The zero-order chi connectivity index (χ0) is 24.7. The van der Waals surface area contributed by atoms with Gasteiger partial charge in [-0.25, -0.2) is 4.98 Å². The quantitative estimate of drug-likeness (QED) is 0.373. The van der Waals surface area contributed by atoms with Crippen molar-refractivity contribution in [2.24, 2.45) is 0 Å². The molecule has 0 spiro atoms. The van der Waals surface area contributed by atoms with E-state index in [0.29, 0.717) is 0 Å². The molecule has 1 aliphatic rings. The van der Waals surface area contributed by atoms with E-state index in [1.807, 2.05) is 66.0 Å². The Hall–Kier alpha value is -3.32. The topological polar surface area (TPSA) is 48.5 Å². The molecule has 0 radical (unpaired) electrons. The zero-order valence-electron chi connectivity index (χ0n) is 20.6. The average molecular weight is 497 g/mol. The van der Waals surface area contributed by atoms with Crippen LogP contribution in [-0.2, 0) is 17.8 Å². The minimum absolute atomic E-state index is 0.0339. The van der Waals surface area contributed by atoms with Gasteiger partial charge in [0.05, 0.1) is 18.2 Å². The van der Waals surface area contributed by atoms with Gasteiger partial charge in [-0.2, -0.15) is 0 Å². The molecule has 1 aliphatic heterocycles. The van der Waals surface area contributed by atoms with Crippen molar-refractivity contribution < 1.29 is 4.79 Å². The predicted octanol–water partition coefficient (Wildman–Crippen LogP) is 5.01. The maximum atomic E-state index is 13.1. The van der Waals surface area contributed by atoms with Crippen molar-refractivity contribution in [3.63, 3.8) is 0 Å². The first-order valence-corrected chi connectivity index (χ1v) is 13.4. The second-order valence-electron chi connectivity index (χ2n) is 9.42. The van der Waals surface area contributed by atoms with Gasteiger partial charge >= 0.3 is 0 Å². The van der Waals surface area contributed by atoms with Gasteiger partial charge in [0.1, 0.15) is 5.01 Å². The van der Waals surface area contributed by atoms with E-state index >= 15 is 0 Å². The molecular weight excluding hydrogens is 464 g/mol. The third-order valence-corrected chi connectivity index (χ3v) is 7.58. The third-order valence-electron chi connectivity index (χ3n) is 6.64. The lowest BCUT2D eigenvalue weighted by Gasteiger charge is -2.32. The van der Waals surface area contributed by atoms with Crippen LogP contribution in [0, 0.1) is 0 Å². The Kier molecular flexibility index (Phi) is 7.86. The van der Waals surface area contributed by atoms with Crippen LogP contribution in [0.3, 0.4) is 0 Å². The van der Waals surface area contributed by atoms with Crippen LogP contribution in [0.5, 0.6) is 0 Å². The largest absolute Gasteiger partial charge is 0.345 e. The van der Waals surface area contributed by atoms with E-state index in [1.54, 1.807) is 11.3 Å². The van der Waals surface area contributed by atoms with Crippen molar-refractivity contribution in [2.45, 2.75) is 19.0 Å². The zero-order valence-corrected chi connectivity index (χ0v) is 21.5. The van der Waals surface area contributed by atoms with Crippen LogP contribution in [0.15, 0.2) is 90.3 Å². The summed E-state index contributed by atoms with van der Waals surface area (Å²) in [4.78, 5) is 22.8. The number of aromatic nitrogens is 1. The van der Waals surface area contributed by atoms with Crippen LogP contribution >= 0.6 is 11.3 Å². The highest BCUT2D eigenvalue weighted by atomic mass is 32.1. The van der Waals surface area contributed by atoms with Crippen LogP contribution in [0.1, 0.15) is 28.4 Å². The first-order chi connectivity index (χ1) is 17.6. The molecule has 1 fully saturated rings. The molecule has 4 aromatic rings. The van der Waals surface area contributed by atoms with Crippen molar-refractivity contribution in [3.05, 3.63) is 113 Å². The van der Waals surface area contributed by atoms with Gasteiger partial charge in [0.15, 0.2) is 0 Å². The number of benzene rings is 3. The molecule has 5 nitrogen and oxygen atoms in total. The highest BCUT2D eigenvalue weighted by molar-refractivity contribution is 7.13. The van der Waals surface area contributed by atoms with E-state index in [-0.39, 0.29) is 18.4 Å². The van der Waals surface area contributed by atoms with Crippen LogP contribution in [0.2, 0.25) is 0 Å². The van der Waals surface area contributed by atoms with E-state index < -0.39 is 0 Å². The van der Waals surface area contributed by atoms with E-state index in [1.165, 1.54) is 5.56 Å². The molecule has 0 unspecified atom stereocenters. The summed E-state index contributed by atoms with van der Waals surface area (Å²) in [5.74, 6) is -0.0339. The van der Waals surface area contributed by atoms with Gasteiger partial charge in [-0.3, -0.25) is 9.69 Å². The number of thiazole rings is 1. The summed E-state index contributed by atoms with van der Waals surface area (Å²) in [6.07, 6.45) is 0.258. The maximum Gasteiger partial charge on any atom is 0.226 e. The van der Waals surface area contributed by atoms with Crippen molar-refractivity contribution in [1.29, 1.82) is 0 Å². The molecule has 1 amide bonds. The Morgan fingerprint density at radius 2 is 1.58 bits per heavy atom. The first kappa shape index (κ1) is 24.4. The summed E-state index contributed by atoms with van der Waals surface area (Å²) in [7, 11) is 2.18. The van der Waals surface area contributed by atoms with Crippen molar-refractivity contribution in [2.75, 3.05) is 33.2 Å². The maximum absolute atomic E-state index is 13.1. The lowest BCUT2D eigenvalue weighted by Crippen LogP contribution is -2.43. The number of rotatable bonds is 8. The van der Waals surface area contributed by atoms with Crippen molar-refractivity contribution in [3.8, 4) is 10.6 Å². The number of carbonyl (C=O) groups excluding carboxylic acids is 1. The van der Waals surface area contributed by atoms with Crippen LogP contribution < -0.4 is 5.32 Å². The fourth-order valence-electron chi connectivity index (χ4n) is 4.61. The van der Waals surface area contributed by atoms with Gasteiger partial charge < -0.3 is 10.2 Å². The number of piperazine rings is 1. The Morgan fingerprint density at radius 3 is 2.25 bits per heavy atom. The fourth-order valence-corrected chi connectivity index (χ4v) is 5.43. The molecule has 1 aromatic heterocycles. The normalized spacial score (nSPS) is 14.7. The predicted molar refractivity (Wildman–Crippen MR) is 147 cm³/mol. The van der Waals surface area contributed by atoms with Crippen LogP contribution in [0.4, 0.5) is 0 Å². The minimum Gasteiger partial charge on any atom is -0.345 e. The Morgan fingerprint density at radius 1 is 0.917 bits per heavy atom. The Labute approximate surface area is 217 Å². The molecule has 184 valence electrons. The smallest absolute Gasteiger partial charge is 0.226 e. The van der Waals surface area contributed by atoms with Gasteiger partial charge in [-0.15, -0.1) is 11.3 Å². The van der Waals surface area contributed by atoms with E-state index in [0.717, 1.165) is 60.1 Å². The Balaban J connectivity index is 1.25. The number of hydrogen-bond acceptors (Lipinski definition) is 5. The minimum atomic E-state index is -0.190. The number of amides is 1. The summed E-state index contributed by atoms with van der Waals surface area (Å²) in [6, 6.07) is 28.6. The Bertz CT molecular complexity index is 1230. The number of carbonyl (C=O) groups is 1. The molecule has 0 bridgehead atoms. The number of hydrogen-bond donors (Lipinski definition) is 1. The molecular formula is C30H32N4OS.